The molecule has 0 spiro atoms. The molecule has 0 saturated heterocycles. The van der Waals surface area contributed by atoms with E-state index in [1.165, 1.54) is 0 Å². The molecule has 0 aliphatic rings. The molecule has 0 aliphatic carbocycles. The van der Waals surface area contributed by atoms with Gasteiger partial charge in [0.15, 0.2) is 17.4 Å². The molecule has 0 saturated carbocycles. The number of hydrogen-bond acceptors (Lipinski definition) is 7. The van der Waals surface area contributed by atoms with Crippen LogP contribution in [0.3, 0.4) is 0 Å². The van der Waals surface area contributed by atoms with Gasteiger partial charge in [-0.05, 0) is 0 Å². The molecule has 1 heterocycles. The zero-order valence-electron chi connectivity index (χ0n) is 11.0. The van der Waals surface area contributed by atoms with E-state index in [2.05, 4.69) is 9.97 Å². The van der Waals surface area contributed by atoms with Crippen LogP contribution in [0.25, 0.3) is 0 Å². The quantitative estimate of drug-likeness (QED) is 0.362. The number of hydrogen-bond donors (Lipinski definition) is 5. The summed E-state index contributed by atoms with van der Waals surface area (Å²) in [5.74, 6) is -4.78. The smallest absolute Gasteiger partial charge is 0.328 e. The van der Waals surface area contributed by atoms with Gasteiger partial charge in [-0.3, -0.25) is 14.4 Å². The van der Waals surface area contributed by atoms with Crippen LogP contribution >= 0.6 is 0 Å². The second-order valence-corrected chi connectivity index (χ2v) is 3.88. The van der Waals surface area contributed by atoms with Crippen LogP contribution in [0.4, 0.5) is 0 Å². The van der Waals surface area contributed by atoms with Gasteiger partial charge in [0, 0.05) is 12.4 Å². The maximum Gasteiger partial charge on any atom is 0.328 e. The van der Waals surface area contributed by atoms with E-state index in [9.17, 15) is 19.2 Å². The number of rotatable bonds is 7. The molecule has 118 valence electrons. The lowest BCUT2D eigenvalue weighted by Gasteiger charge is -2.12. The number of nitrogens with one attached hydrogen (secondary N) is 2. The van der Waals surface area contributed by atoms with E-state index in [1.54, 1.807) is 0 Å². The SMILES string of the molecule is O=C(O)CNC(=O)c1nccnc1C(=O)N[C@H](CO)C(=O)O. The largest absolute Gasteiger partial charge is 0.480 e. The van der Waals surface area contributed by atoms with Gasteiger partial charge in [-0.25, -0.2) is 14.8 Å². The molecule has 22 heavy (non-hydrogen) atoms. The second kappa shape index (κ2) is 7.64. The van der Waals surface area contributed by atoms with Gasteiger partial charge in [-0.1, -0.05) is 0 Å². The van der Waals surface area contributed by atoms with Crippen LogP contribution in [0.2, 0.25) is 0 Å². The highest BCUT2D eigenvalue weighted by Crippen LogP contribution is 2.02. The van der Waals surface area contributed by atoms with E-state index in [4.69, 9.17) is 15.3 Å². The predicted molar refractivity (Wildman–Crippen MR) is 68.0 cm³/mol. The minimum Gasteiger partial charge on any atom is -0.480 e. The summed E-state index contributed by atoms with van der Waals surface area (Å²) in [7, 11) is 0. The summed E-state index contributed by atoms with van der Waals surface area (Å²) in [6, 6.07) is -1.58. The molecule has 0 radical (unpaired) electrons. The summed E-state index contributed by atoms with van der Waals surface area (Å²) < 4.78 is 0. The Morgan fingerprint density at radius 3 is 2.05 bits per heavy atom. The van der Waals surface area contributed by atoms with Crippen LogP contribution < -0.4 is 10.6 Å². The van der Waals surface area contributed by atoms with E-state index in [-0.39, 0.29) is 0 Å². The zero-order valence-corrected chi connectivity index (χ0v) is 11.0. The van der Waals surface area contributed by atoms with Crippen molar-refractivity contribution in [3.8, 4) is 0 Å². The highest BCUT2D eigenvalue weighted by atomic mass is 16.4. The van der Waals surface area contributed by atoms with Crippen LogP contribution in [0.1, 0.15) is 21.0 Å². The summed E-state index contributed by atoms with van der Waals surface area (Å²) in [5.41, 5.74) is -0.964. The Morgan fingerprint density at radius 2 is 1.59 bits per heavy atom. The van der Waals surface area contributed by atoms with Crippen molar-refractivity contribution < 1.29 is 34.5 Å². The predicted octanol–water partition coefficient (Wildman–Crippen LogP) is -2.53. The van der Waals surface area contributed by atoms with Gasteiger partial charge in [0.25, 0.3) is 11.8 Å². The number of aromatic nitrogens is 2. The fourth-order valence-electron chi connectivity index (χ4n) is 1.32. The molecule has 0 fully saturated rings. The van der Waals surface area contributed by atoms with E-state index < -0.39 is 54.3 Å². The zero-order chi connectivity index (χ0) is 16.7. The van der Waals surface area contributed by atoms with Crippen molar-refractivity contribution in [3.63, 3.8) is 0 Å². The Kier molecular flexibility index (Phi) is 5.89. The van der Waals surface area contributed by atoms with Crippen LogP contribution in [0.15, 0.2) is 12.4 Å². The second-order valence-electron chi connectivity index (χ2n) is 3.88. The van der Waals surface area contributed by atoms with Crippen LogP contribution in [0, 0.1) is 0 Å². The van der Waals surface area contributed by atoms with Gasteiger partial charge < -0.3 is 26.0 Å². The molecule has 5 N–H and O–H groups in total. The number of aliphatic hydroxyl groups is 1. The lowest BCUT2D eigenvalue weighted by molar-refractivity contribution is -0.140. The normalized spacial score (nSPS) is 11.3. The number of carboxylic acid groups (broad SMARTS) is 2. The number of nitrogens with zero attached hydrogens (tertiary/aromatic N) is 2. The summed E-state index contributed by atoms with van der Waals surface area (Å²) in [5, 5.41) is 30.0. The Labute approximate surface area is 123 Å². The fraction of sp³-hybridized carbons (Fsp3) is 0.273. The average molecular weight is 312 g/mol. The third-order valence-electron chi connectivity index (χ3n) is 2.31. The first-order valence-electron chi connectivity index (χ1n) is 5.82. The van der Waals surface area contributed by atoms with Crippen LogP contribution in [0.5, 0.6) is 0 Å². The van der Waals surface area contributed by atoms with Gasteiger partial charge in [0.1, 0.15) is 6.54 Å². The summed E-state index contributed by atoms with van der Waals surface area (Å²) in [6.45, 7) is -1.55. The van der Waals surface area contributed by atoms with Gasteiger partial charge >= 0.3 is 11.9 Å². The molecule has 0 unspecified atom stereocenters. The molecule has 2 amide bonds. The van der Waals surface area contributed by atoms with Crippen molar-refractivity contribution in [2.24, 2.45) is 0 Å². The highest BCUT2D eigenvalue weighted by Gasteiger charge is 2.25. The van der Waals surface area contributed by atoms with Gasteiger partial charge in [0.2, 0.25) is 0 Å². The van der Waals surface area contributed by atoms with Crippen LogP contribution in [-0.2, 0) is 9.59 Å². The minimum atomic E-state index is -1.58. The molecular weight excluding hydrogens is 300 g/mol. The topological polar surface area (TPSA) is 179 Å². The number of aliphatic hydroxyl groups excluding tert-OH is 1. The van der Waals surface area contributed by atoms with E-state index in [0.29, 0.717) is 0 Å². The number of carboxylic acids is 2. The molecule has 1 aromatic rings. The molecule has 11 nitrogen and oxygen atoms in total. The molecule has 0 aromatic carbocycles. The molecule has 0 aliphatic heterocycles. The Balaban J connectivity index is 2.95. The lowest BCUT2D eigenvalue weighted by Crippen LogP contribution is -2.44. The third kappa shape index (κ3) is 4.49. The molecule has 0 bridgehead atoms. The number of carbonyl (C=O) groups excluding carboxylic acids is 2. The summed E-state index contributed by atoms with van der Waals surface area (Å²) in [4.78, 5) is 52.0. The maximum absolute atomic E-state index is 11.9. The first-order chi connectivity index (χ1) is 10.4. The van der Waals surface area contributed by atoms with Gasteiger partial charge in [0.05, 0.1) is 6.61 Å². The van der Waals surface area contributed by atoms with Crippen molar-refractivity contribution in [3.05, 3.63) is 23.8 Å². The third-order valence-corrected chi connectivity index (χ3v) is 2.31. The lowest BCUT2D eigenvalue weighted by atomic mass is 10.2. The van der Waals surface area contributed by atoms with E-state index >= 15 is 0 Å². The molecule has 1 atom stereocenters. The fourth-order valence-corrected chi connectivity index (χ4v) is 1.32. The monoisotopic (exact) mass is 312 g/mol. The first-order valence-corrected chi connectivity index (χ1v) is 5.82. The van der Waals surface area contributed by atoms with Crippen molar-refractivity contribution in [1.29, 1.82) is 0 Å². The number of amides is 2. The average Bonchev–Trinajstić information content (AvgIpc) is 2.49. The standard InChI is InChI=1S/C11H12N4O7/c16-4-5(11(21)22)15-10(20)8-7(12-1-2-13-8)9(19)14-3-6(17)18/h1-2,5,16H,3-4H2,(H,14,19)(H,15,20)(H,17,18)(H,21,22)/t5-/m1/s1. The van der Waals surface area contributed by atoms with Crippen molar-refractivity contribution in [2.75, 3.05) is 13.2 Å². The van der Waals surface area contributed by atoms with E-state index in [1.807, 2.05) is 10.6 Å². The first kappa shape index (κ1) is 17.0. The van der Waals surface area contributed by atoms with Crippen molar-refractivity contribution >= 4 is 23.8 Å². The van der Waals surface area contributed by atoms with Crippen molar-refractivity contribution in [1.82, 2.24) is 20.6 Å². The Hall–Kier alpha value is -3.08. The molecule has 1 aromatic heterocycles. The summed E-state index contributed by atoms with van der Waals surface area (Å²) in [6.07, 6.45) is 2.20. The number of carbonyl (C=O) groups is 4. The molecule has 1 rings (SSSR count). The van der Waals surface area contributed by atoms with E-state index in [0.717, 1.165) is 12.4 Å². The Morgan fingerprint density at radius 1 is 1.05 bits per heavy atom. The molecular formula is C11H12N4O7. The number of aliphatic carboxylic acids is 2. The van der Waals surface area contributed by atoms with Crippen LogP contribution in [-0.4, -0.2) is 68.2 Å². The highest BCUT2D eigenvalue weighted by molar-refractivity contribution is 6.05. The van der Waals surface area contributed by atoms with Crippen molar-refractivity contribution in [2.45, 2.75) is 6.04 Å². The minimum absolute atomic E-state index is 0.469. The molecule has 11 heteroatoms. The summed E-state index contributed by atoms with van der Waals surface area (Å²) >= 11 is 0. The maximum atomic E-state index is 11.9. The van der Waals surface area contributed by atoms with Gasteiger partial charge in [-0.15, -0.1) is 0 Å². The van der Waals surface area contributed by atoms with Gasteiger partial charge in [-0.2, -0.15) is 0 Å². The Bertz CT molecular complexity index is 604.